The zero-order valence-electron chi connectivity index (χ0n) is 15.2. The van der Waals surface area contributed by atoms with E-state index in [9.17, 15) is 13.6 Å². The molecule has 0 aliphatic heterocycles. The molecule has 29 heavy (non-hydrogen) atoms. The SMILES string of the molecule is CC(=O)C(Oc1ccc(F)cc1F)SC(c1ccc(Cl)cc1)c1ccc(Cl)cc1. The summed E-state index contributed by atoms with van der Waals surface area (Å²) < 4.78 is 32.8. The highest BCUT2D eigenvalue weighted by Crippen LogP contribution is 2.40. The van der Waals surface area contributed by atoms with Crippen molar-refractivity contribution in [1.82, 2.24) is 0 Å². The molecule has 0 bridgehead atoms. The summed E-state index contributed by atoms with van der Waals surface area (Å²) in [6, 6.07) is 17.4. The van der Waals surface area contributed by atoms with Crippen molar-refractivity contribution in [2.24, 2.45) is 0 Å². The molecule has 0 aromatic heterocycles. The normalized spacial score (nSPS) is 12.1. The third-order valence-corrected chi connectivity index (χ3v) is 6.06. The van der Waals surface area contributed by atoms with Gasteiger partial charge in [0.2, 0.25) is 5.44 Å². The Labute approximate surface area is 181 Å². The fraction of sp³-hybridized carbons (Fsp3) is 0.136. The fourth-order valence-corrected chi connectivity index (χ4v) is 4.12. The van der Waals surface area contributed by atoms with Gasteiger partial charge in [-0.3, -0.25) is 4.79 Å². The molecule has 3 aromatic rings. The highest BCUT2D eigenvalue weighted by molar-refractivity contribution is 8.00. The Balaban J connectivity index is 1.93. The van der Waals surface area contributed by atoms with Crippen LogP contribution < -0.4 is 4.74 Å². The monoisotopic (exact) mass is 452 g/mol. The minimum absolute atomic E-state index is 0.190. The van der Waals surface area contributed by atoms with Crippen molar-refractivity contribution in [3.05, 3.63) is 99.5 Å². The summed E-state index contributed by atoms with van der Waals surface area (Å²) in [6.45, 7) is 1.36. The van der Waals surface area contributed by atoms with E-state index < -0.39 is 17.1 Å². The third-order valence-electron chi connectivity index (χ3n) is 4.07. The Morgan fingerprint density at radius 1 is 0.897 bits per heavy atom. The third kappa shape index (κ3) is 5.72. The first-order valence-electron chi connectivity index (χ1n) is 8.62. The molecular formula is C22H16Cl2F2O2S. The van der Waals surface area contributed by atoms with Crippen molar-refractivity contribution in [2.75, 3.05) is 0 Å². The highest BCUT2D eigenvalue weighted by atomic mass is 35.5. The second-order valence-corrected chi connectivity index (χ2v) is 8.30. The van der Waals surface area contributed by atoms with Crippen molar-refractivity contribution in [2.45, 2.75) is 17.6 Å². The summed E-state index contributed by atoms with van der Waals surface area (Å²) in [6.07, 6.45) is 0. The van der Waals surface area contributed by atoms with Crippen LogP contribution in [0.15, 0.2) is 66.7 Å². The average Bonchev–Trinajstić information content (AvgIpc) is 2.68. The van der Waals surface area contributed by atoms with Crippen LogP contribution in [-0.2, 0) is 4.79 Å². The van der Waals surface area contributed by atoms with Crippen LogP contribution >= 0.6 is 35.0 Å². The van der Waals surface area contributed by atoms with Gasteiger partial charge in [0.1, 0.15) is 5.82 Å². The number of ketones is 1. The number of halogens is 4. The zero-order chi connectivity index (χ0) is 21.0. The topological polar surface area (TPSA) is 26.3 Å². The Hall–Kier alpha value is -2.08. The van der Waals surface area contributed by atoms with E-state index in [4.69, 9.17) is 27.9 Å². The van der Waals surface area contributed by atoms with Crippen LogP contribution in [0.25, 0.3) is 0 Å². The van der Waals surface area contributed by atoms with E-state index in [0.29, 0.717) is 16.1 Å². The lowest BCUT2D eigenvalue weighted by atomic mass is 10.0. The fourth-order valence-electron chi connectivity index (χ4n) is 2.64. The van der Waals surface area contributed by atoms with Gasteiger partial charge in [-0.05, 0) is 54.4 Å². The largest absolute Gasteiger partial charge is 0.469 e. The van der Waals surface area contributed by atoms with Crippen molar-refractivity contribution >= 4 is 40.7 Å². The summed E-state index contributed by atoms with van der Waals surface area (Å²) >= 11 is 13.2. The smallest absolute Gasteiger partial charge is 0.203 e. The molecule has 1 atom stereocenters. The van der Waals surface area contributed by atoms with E-state index >= 15 is 0 Å². The number of Topliss-reactive ketones (excluding diaryl/α,β-unsaturated/α-hetero) is 1. The molecule has 0 radical (unpaired) electrons. The molecule has 3 rings (SSSR count). The minimum Gasteiger partial charge on any atom is -0.469 e. The first-order valence-corrected chi connectivity index (χ1v) is 10.3. The van der Waals surface area contributed by atoms with Crippen molar-refractivity contribution < 1.29 is 18.3 Å². The van der Waals surface area contributed by atoms with Crippen LogP contribution in [0.5, 0.6) is 5.75 Å². The van der Waals surface area contributed by atoms with E-state index in [0.717, 1.165) is 17.2 Å². The molecule has 0 fully saturated rings. The highest BCUT2D eigenvalue weighted by Gasteiger charge is 2.26. The predicted molar refractivity (Wildman–Crippen MR) is 114 cm³/mol. The number of rotatable bonds is 7. The lowest BCUT2D eigenvalue weighted by Crippen LogP contribution is -2.23. The van der Waals surface area contributed by atoms with Crippen LogP contribution in [0.3, 0.4) is 0 Å². The van der Waals surface area contributed by atoms with Gasteiger partial charge in [-0.1, -0.05) is 59.2 Å². The number of hydrogen-bond acceptors (Lipinski definition) is 3. The van der Waals surface area contributed by atoms with Crippen LogP contribution in [0.1, 0.15) is 23.3 Å². The number of carbonyl (C=O) groups excluding carboxylic acids is 1. The van der Waals surface area contributed by atoms with Gasteiger partial charge >= 0.3 is 0 Å². The first-order chi connectivity index (χ1) is 13.8. The quantitative estimate of drug-likeness (QED) is 0.358. The van der Waals surface area contributed by atoms with Gasteiger partial charge in [0.05, 0.1) is 5.25 Å². The van der Waals surface area contributed by atoms with Crippen LogP contribution in [0.4, 0.5) is 8.78 Å². The summed E-state index contributed by atoms with van der Waals surface area (Å²) in [4.78, 5) is 12.2. The number of thioether (sulfide) groups is 1. The second-order valence-electron chi connectivity index (χ2n) is 6.25. The number of carbonyl (C=O) groups is 1. The van der Waals surface area contributed by atoms with E-state index in [1.807, 2.05) is 24.3 Å². The van der Waals surface area contributed by atoms with Crippen molar-refractivity contribution in [3.8, 4) is 5.75 Å². The van der Waals surface area contributed by atoms with Crippen LogP contribution in [0.2, 0.25) is 10.0 Å². The molecule has 0 saturated carbocycles. The Kier molecular flexibility index (Phi) is 7.17. The molecular weight excluding hydrogens is 437 g/mol. The molecule has 0 spiro atoms. The average molecular weight is 453 g/mol. The van der Waals surface area contributed by atoms with Gasteiger partial charge in [0, 0.05) is 16.1 Å². The maximum Gasteiger partial charge on any atom is 0.203 e. The van der Waals surface area contributed by atoms with Gasteiger partial charge < -0.3 is 4.74 Å². The van der Waals surface area contributed by atoms with Gasteiger partial charge in [0.15, 0.2) is 17.3 Å². The standard InChI is InChI=1S/C22H16Cl2F2O2S/c1-13(27)22(28-20-11-10-18(25)12-19(20)26)29-21(14-2-6-16(23)7-3-14)15-4-8-17(24)9-5-15/h2-12,21-22H,1H3. The Morgan fingerprint density at radius 3 is 1.86 bits per heavy atom. The molecule has 3 aromatic carbocycles. The molecule has 0 N–H and O–H groups in total. The lowest BCUT2D eigenvalue weighted by molar-refractivity contribution is -0.120. The summed E-state index contributed by atoms with van der Waals surface area (Å²) in [5, 5.41) is 0.865. The second kappa shape index (κ2) is 9.61. The van der Waals surface area contributed by atoms with Crippen LogP contribution in [0, 0.1) is 11.6 Å². The number of benzene rings is 3. The molecule has 0 amide bonds. The molecule has 150 valence electrons. The van der Waals surface area contributed by atoms with Gasteiger partial charge in [-0.25, -0.2) is 8.78 Å². The molecule has 0 aliphatic rings. The molecule has 7 heteroatoms. The molecule has 0 saturated heterocycles. The number of hydrogen-bond donors (Lipinski definition) is 0. The predicted octanol–water partition coefficient (Wildman–Crippen LogP) is 7.09. The van der Waals surface area contributed by atoms with Crippen molar-refractivity contribution in [3.63, 3.8) is 0 Å². The molecule has 2 nitrogen and oxygen atoms in total. The summed E-state index contributed by atoms with van der Waals surface area (Å²) in [5.41, 5.74) is 0.763. The first kappa shape index (κ1) is 21.6. The Bertz CT molecular complexity index is 949. The number of ether oxygens (including phenoxy) is 1. The van der Waals surface area contributed by atoms with Crippen LogP contribution in [-0.4, -0.2) is 11.2 Å². The molecule has 0 aliphatic carbocycles. The maximum atomic E-state index is 14.0. The minimum atomic E-state index is -1.01. The lowest BCUT2D eigenvalue weighted by Gasteiger charge is -2.24. The van der Waals surface area contributed by atoms with E-state index in [2.05, 4.69) is 0 Å². The molecule has 0 heterocycles. The van der Waals surface area contributed by atoms with Gasteiger partial charge in [-0.2, -0.15) is 0 Å². The Morgan fingerprint density at radius 2 is 1.41 bits per heavy atom. The maximum absolute atomic E-state index is 14.0. The van der Waals surface area contributed by atoms with E-state index in [1.54, 1.807) is 24.3 Å². The summed E-state index contributed by atoms with van der Waals surface area (Å²) in [5.74, 6) is -2.08. The van der Waals surface area contributed by atoms with E-state index in [1.165, 1.54) is 24.8 Å². The molecule has 1 unspecified atom stereocenters. The van der Waals surface area contributed by atoms with Gasteiger partial charge in [0.25, 0.3) is 0 Å². The van der Waals surface area contributed by atoms with Gasteiger partial charge in [-0.15, -0.1) is 0 Å². The van der Waals surface area contributed by atoms with E-state index in [-0.39, 0.29) is 16.8 Å². The zero-order valence-corrected chi connectivity index (χ0v) is 17.6. The van der Waals surface area contributed by atoms with Crippen molar-refractivity contribution in [1.29, 1.82) is 0 Å². The summed E-state index contributed by atoms with van der Waals surface area (Å²) in [7, 11) is 0.